The van der Waals surface area contributed by atoms with Gasteiger partial charge in [0.15, 0.2) is 0 Å². The van der Waals surface area contributed by atoms with Crippen LogP contribution in [0.15, 0.2) is 0 Å². The van der Waals surface area contributed by atoms with E-state index in [0.717, 1.165) is 32.3 Å². The molecule has 2 nitrogen and oxygen atoms in total. The van der Waals surface area contributed by atoms with Gasteiger partial charge in [-0.2, -0.15) is 0 Å². The highest BCUT2D eigenvalue weighted by molar-refractivity contribution is 4.55. The maximum absolute atomic E-state index is 5.56. The Kier molecular flexibility index (Phi) is 10.9. The second kappa shape index (κ2) is 11.0. The molecule has 1 atom stereocenters. The molecule has 0 spiro atoms. The molecule has 0 saturated carbocycles. The van der Waals surface area contributed by atoms with Crippen molar-refractivity contribution in [2.24, 2.45) is 5.92 Å². The molecule has 0 aliphatic rings. The van der Waals surface area contributed by atoms with E-state index >= 15 is 0 Å². The van der Waals surface area contributed by atoms with Gasteiger partial charge in [-0.1, -0.05) is 33.1 Å². The van der Waals surface area contributed by atoms with Gasteiger partial charge < -0.3 is 9.47 Å². The van der Waals surface area contributed by atoms with Crippen molar-refractivity contribution in [3.8, 4) is 0 Å². The zero-order chi connectivity index (χ0) is 10.6. The third-order valence-corrected chi connectivity index (χ3v) is 2.47. The zero-order valence-electron chi connectivity index (χ0n) is 10.1. The normalized spacial score (nSPS) is 13.1. The van der Waals surface area contributed by atoms with Gasteiger partial charge in [-0.15, -0.1) is 0 Å². The van der Waals surface area contributed by atoms with Crippen LogP contribution in [0.25, 0.3) is 0 Å². The molecule has 0 aromatic rings. The lowest BCUT2D eigenvalue weighted by Gasteiger charge is -2.14. The molecule has 0 heterocycles. The van der Waals surface area contributed by atoms with E-state index < -0.39 is 0 Å². The minimum absolute atomic E-state index is 0.737. The van der Waals surface area contributed by atoms with Gasteiger partial charge >= 0.3 is 0 Å². The van der Waals surface area contributed by atoms with E-state index in [1.165, 1.54) is 25.7 Å². The third-order valence-electron chi connectivity index (χ3n) is 2.47. The van der Waals surface area contributed by atoms with Crippen LogP contribution in [-0.4, -0.2) is 26.4 Å². The van der Waals surface area contributed by atoms with Crippen molar-refractivity contribution in [1.82, 2.24) is 0 Å². The van der Waals surface area contributed by atoms with Crippen molar-refractivity contribution in [3.05, 3.63) is 0 Å². The molecular weight excluding hydrogens is 176 g/mol. The average molecular weight is 202 g/mol. The van der Waals surface area contributed by atoms with E-state index in [-0.39, 0.29) is 0 Å². The molecule has 1 unspecified atom stereocenters. The number of hydrogen-bond acceptors (Lipinski definition) is 2. The molecule has 86 valence electrons. The molecule has 0 saturated heterocycles. The fourth-order valence-electron chi connectivity index (χ4n) is 1.41. The third kappa shape index (κ3) is 8.52. The van der Waals surface area contributed by atoms with Crippen molar-refractivity contribution in [1.29, 1.82) is 0 Å². The summed E-state index contributed by atoms with van der Waals surface area (Å²) in [6, 6.07) is 0. The molecule has 0 rings (SSSR count). The summed E-state index contributed by atoms with van der Waals surface area (Å²) < 4.78 is 10.8. The molecule has 0 aromatic heterocycles. The first-order valence-corrected chi connectivity index (χ1v) is 6.00. The monoisotopic (exact) mass is 202 g/mol. The summed E-state index contributed by atoms with van der Waals surface area (Å²) in [7, 11) is 0. The Hall–Kier alpha value is -0.0800. The SMILES string of the molecule is CCCCC(CC)COCCOCC. The first-order chi connectivity index (χ1) is 6.85. The largest absolute Gasteiger partial charge is 0.379 e. The predicted molar refractivity (Wildman–Crippen MR) is 60.6 cm³/mol. The number of unbranched alkanes of at least 4 members (excludes halogenated alkanes) is 1. The summed E-state index contributed by atoms with van der Waals surface area (Å²) >= 11 is 0. The fraction of sp³-hybridized carbons (Fsp3) is 1.00. The maximum Gasteiger partial charge on any atom is 0.0700 e. The quantitative estimate of drug-likeness (QED) is 0.506. The van der Waals surface area contributed by atoms with Crippen molar-refractivity contribution in [2.45, 2.75) is 46.5 Å². The summed E-state index contributed by atoms with van der Waals surface area (Å²) in [5.74, 6) is 0.747. The molecule has 0 aliphatic heterocycles. The van der Waals surface area contributed by atoms with Crippen LogP contribution in [0.4, 0.5) is 0 Å². The van der Waals surface area contributed by atoms with Gasteiger partial charge in [-0.25, -0.2) is 0 Å². The van der Waals surface area contributed by atoms with Gasteiger partial charge in [0.05, 0.1) is 13.2 Å². The van der Waals surface area contributed by atoms with E-state index in [1.807, 2.05) is 6.92 Å². The summed E-state index contributed by atoms with van der Waals surface area (Å²) in [6.07, 6.45) is 5.15. The van der Waals surface area contributed by atoms with Crippen LogP contribution in [0.2, 0.25) is 0 Å². The molecule has 0 fully saturated rings. The second-order valence-corrected chi connectivity index (χ2v) is 3.69. The number of hydrogen-bond donors (Lipinski definition) is 0. The first-order valence-electron chi connectivity index (χ1n) is 6.00. The Balaban J connectivity index is 3.24. The lowest BCUT2D eigenvalue weighted by Crippen LogP contribution is -2.12. The van der Waals surface area contributed by atoms with Crippen LogP contribution in [0, 0.1) is 5.92 Å². The van der Waals surface area contributed by atoms with E-state index in [9.17, 15) is 0 Å². The van der Waals surface area contributed by atoms with Gasteiger partial charge in [0, 0.05) is 13.2 Å². The fourth-order valence-corrected chi connectivity index (χ4v) is 1.41. The van der Waals surface area contributed by atoms with Crippen molar-refractivity contribution < 1.29 is 9.47 Å². The lowest BCUT2D eigenvalue weighted by atomic mass is 10.0. The molecular formula is C12H26O2. The van der Waals surface area contributed by atoms with Crippen LogP contribution in [0.3, 0.4) is 0 Å². The molecule has 2 heteroatoms. The Morgan fingerprint density at radius 3 is 2.29 bits per heavy atom. The number of rotatable bonds is 10. The van der Waals surface area contributed by atoms with Crippen molar-refractivity contribution in [2.75, 3.05) is 26.4 Å². The van der Waals surface area contributed by atoms with Gasteiger partial charge in [0.2, 0.25) is 0 Å². The highest BCUT2D eigenvalue weighted by Gasteiger charge is 2.05. The van der Waals surface area contributed by atoms with Gasteiger partial charge in [-0.3, -0.25) is 0 Å². The van der Waals surface area contributed by atoms with Crippen molar-refractivity contribution in [3.63, 3.8) is 0 Å². The van der Waals surface area contributed by atoms with Gasteiger partial charge in [-0.05, 0) is 19.3 Å². The van der Waals surface area contributed by atoms with Gasteiger partial charge in [0.25, 0.3) is 0 Å². The molecule has 0 aliphatic carbocycles. The minimum atomic E-state index is 0.737. The topological polar surface area (TPSA) is 18.5 Å². The molecule has 0 amide bonds. The molecule has 14 heavy (non-hydrogen) atoms. The summed E-state index contributed by atoms with van der Waals surface area (Å²) in [5.41, 5.74) is 0. The van der Waals surface area contributed by atoms with Crippen LogP contribution >= 0.6 is 0 Å². The van der Waals surface area contributed by atoms with E-state index in [1.54, 1.807) is 0 Å². The Labute approximate surface area is 89.0 Å². The standard InChI is InChI=1S/C12H26O2/c1-4-7-8-12(5-2)11-14-10-9-13-6-3/h12H,4-11H2,1-3H3. The molecule has 0 aromatic carbocycles. The van der Waals surface area contributed by atoms with E-state index in [4.69, 9.17) is 9.47 Å². The number of ether oxygens (including phenoxy) is 2. The lowest BCUT2D eigenvalue weighted by molar-refractivity contribution is 0.0351. The smallest absolute Gasteiger partial charge is 0.0700 e. The minimum Gasteiger partial charge on any atom is -0.379 e. The first kappa shape index (κ1) is 13.9. The summed E-state index contributed by atoms with van der Waals surface area (Å²) in [6.45, 7) is 9.67. The highest BCUT2D eigenvalue weighted by Crippen LogP contribution is 2.12. The Morgan fingerprint density at radius 2 is 1.71 bits per heavy atom. The molecule has 0 N–H and O–H groups in total. The second-order valence-electron chi connectivity index (χ2n) is 3.69. The van der Waals surface area contributed by atoms with Crippen molar-refractivity contribution >= 4 is 0 Å². The zero-order valence-corrected chi connectivity index (χ0v) is 10.1. The predicted octanol–water partition coefficient (Wildman–Crippen LogP) is 3.26. The summed E-state index contributed by atoms with van der Waals surface area (Å²) in [5, 5.41) is 0. The average Bonchev–Trinajstić information content (AvgIpc) is 2.22. The van der Waals surface area contributed by atoms with E-state index in [2.05, 4.69) is 13.8 Å². The Bertz CT molecular complexity index is 104. The molecule has 0 bridgehead atoms. The van der Waals surface area contributed by atoms with Crippen LogP contribution in [0.1, 0.15) is 46.5 Å². The summed E-state index contributed by atoms with van der Waals surface area (Å²) in [4.78, 5) is 0. The van der Waals surface area contributed by atoms with Gasteiger partial charge in [0.1, 0.15) is 0 Å². The van der Waals surface area contributed by atoms with Crippen LogP contribution in [-0.2, 0) is 9.47 Å². The van der Waals surface area contributed by atoms with Crippen LogP contribution in [0.5, 0.6) is 0 Å². The maximum atomic E-state index is 5.56. The Morgan fingerprint density at radius 1 is 1.00 bits per heavy atom. The molecule has 0 radical (unpaired) electrons. The highest BCUT2D eigenvalue weighted by atomic mass is 16.5. The van der Waals surface area contributed by atoms with Crippen LogP contribution < -0.4 is 0 Å². The van der Waals surface area contributed by atoms with E-state index in [0.29, 0.717) is 0 Å².